The molecule has 16 heavy (non-hydrogen) atoms. The highest BCUT2D eigenvalue weighted by atomic mass is 16.6. The van der Waals surface area contributed by atoms with Gasteiger partial charge in [0.15, 0.2) is 0 Å². The molecule has 4 fully saturated rings. The number of rotatable bonds is 2. The van der Waals surface area contributed by atoms with Gasteiger partial charge >= 0.3 is 5.97 Å². The molecule has 1 aliphatic carbocycles. The van der Waals surface area contributed by atoms with E-state index in [1.165, 1.54) is 0 Å². The van der Waals surface area contributed by atoms with Gasteiger partial charge in [-0.1, -0.05) is 0 Å². The highest BCUT2D eigenvalue weighted by Gasteiger charge is 2.77. The van der Waals surface area contributed by atoms with Crippen LogP contribution in [-0.2, 0) is 14.3 Å². The largest absolute Gasteiger partial charge is 0.481 e. The van der Waals surface area contributed by atoms with Gasteiger partial charge in [-0.2, -0.15) is 0 Å². The van der Waals surface area contributed by atoms with Crippen molar-refractivity contribution in [1.29, 1.82) is 0 Å². The molecule has 3 aliphatic heterocycles. The van der Waals surface area contributed by atoms with E-state index in [0.717, 1.165) is 0 Å². The minimum atomic E-state index is -0.726. The third-order valence-corrected chi connectivity index (χ3v) is 4.61. The van der Waals surface area contributed by atoms with E-state index in [1.807, 2.05) is 0 Å². The van der Waals surface area contributed by atoms with E-state index < -0.39 is 17.0 Å². The molecule has 1 saturated carbocycles. The maximum absolute atomic E-state index is 11.5. The van der Waals surface area contributed by atoms with Crippen LogP contribution in [0.5, 0.6) is 0 Å². The van der Waals surface area contributed by atoms with Crippen LogP contribution in [-0.4, -0.2) is 42.0 Å². The number of ether oxygens (including phenoxy) is 2. The Morgan fingerprint density at radius 1 is 1.31 bits per heavy atom. The SMILES string of the molecule is NCC12CC(C(=O)O)(C1)C1(CCOCC1)O2. The summed E-state index contributed by atoms with van der Waals surface area (Å²) in [4.78, 5) is 11.5. The maximum Gasteiger partial charge on any atom is 0.312 e. The summed E-state index contributed by atoms with van der Waals surface area (Å²) in [7, 11) is 0. The topological polar surface area (TPSA) is 81.8 Å². The lowest BCUT2D eigenvalue weighted by atomic mass is 9.54. The van der Waals surface area contributed by atoms with Crippen LogP contribution >= 0.6 is 0 Å². The molecule has 0 unspecified atom stereocenters. The van der Waals surface area contributed by atoms with Crippen LogP contribution < -0.4 is 5.73 Å². The zero-order valence-corrected chi connectivity index (χ0v) is 9.20. The summed E-state index contributed by atoms with van der Waals surface area (Å²) < 4.78 is 11.4. The van der Waals surface area contributed by atoms with Crippen molar-refractivity contribution >= 4 is 5.97 Å². The molecular weight excluding hydrogens is 210 g/mol. The maximum atomic E-state index is 11.5. The summed E-state index contributed by atoms with van der Waals surface area (Å²) in [6.45, 7) is 1.61. The van der Waals surface area contributed by atoms with Gasteiger partial charge in [0.2, 0.25) is 0 Å². The Kier molecular flexibility index (Phi) is 1.95. The Labute approximate surface area is 93.9 Å². The second kappa shape index (κ2) is 2.97. The minimum Gasteiger partial charge on any atom is -0.481 e. The van der Waals surface area contributed by atoms with Crippen LogP contribution in [0.2, 0.25) is 0 Å². The quantitative estimate of drug-likeness (QED) is 0.700. The Bertz CT molecular complexity index is 329. The van der Waals surface area contributed by atoms with Crippen molar-refractivity contribution in [3.63, 3.8) is 0 Å². The van der Waals surface area contributed by atoms with Gasteiger partial charge < -0.3 is 20.3 Å². The molecule has 0 aromatic carbocycles. The highest BCUT2D eigenvalue weighted by molar-refractivity contribution is 5.79. The monoisotopic (exact) mass is 227 g/mol. The van der Waals surface area contributed by atoms with Crippen LogP contribution in [0, 0.1) is 5.41 Å². The van der Waals surface area contributed by atoms with Crippen molar-refractivity contribution in [2.45, 2.75) is 36.9 Å². The molecule has 0 radical (unpaired) electrons. The van der Waals surface area contributed by atoms with E-state index in [9.17, 15) is 9.90 Å². The number of aliphatic carboxylic acids is 1. The van der Waals surface area contributed by atoms with Crippen LogP contribution in [0.1, 0.15) is 25.7 Å². The van der Waals surface area contributed by atoms with Crippen LogP contribution in [0.3, 0.4) is 0 Å². The van der Waals surface area contributed by atoms with E-state index in [1.54, 1.807) is 0 Å². The second-order valence-electron chi connectivity index (χ2n) is 5.34. The van der Waals surface area contributed by atoms with Gasteiger partial charge in [-0.15, -0.1) is 0 Å². The van der Waals surface area contributed by atoms with E-state index in [0.29, 0.717) is 45.4 Å². The van der Waals surface area contributed by atoms with Gasteiger partial charge in [-0.05, 0) is 12.8 Å². The number of hydrogen-bond acceptors (Lipinski definition) is 4. The molecule has 5 heteroatoms. The van der Waals surface area contributed by atoms with E-state index in [2.05, 4.69) is 0 Å². The van der Waals surface area contributed by atoms with E-state index in [4.69, 9.17) is 15.2 Å². The molecule has 0 amide bonds. The molecule has 3 saturated heterocycles. The van der Waals surface area contributed by atoms with Gasteiger partial charge in [0, 0.05) is 32.6 Å². The lowest BCUT2D eigenvalue weighted by Crippen LogP contribution is -2.57. The molecule has 0 atom stereocenters. The summed E-state index contributed by atoms with van der Waals surface area (Å²) in [5.41, 5.74) is 4.12. The van der Waals surface area contributed by atoms with Gasteiger partial charge in [-0.25, -0.2) is 0 Å². The number of nitrogens with two attached hydrogens (primary N) is 1. The van der Waals surface area contributed by atoms with Crippen LogP contribution in [0.15, 0.2) is 0 Å². The minimum absolute atomic E-state index is 0.365. The van der Waals surface area contributed by atoms with Gasteiger partial charge in [0.1, 0.15) is 5.41 Å². The molecular formula is C11H17NO4. The summed E-state index contributed by atoms with van der Waals surface area (Å²) in [5.74, 6) is -0.726. The Morgan fingerprint density at radius 3 is 2.44 bits per heavy atom. The van der Waals surface area contributed by atoms with Crippen molar-refractivity contribution in [3.8, 4) is 0 Å². The predicted molar refractivity (Wildman–Crippen MR) is 55.0 cm³/mol. The normalized spacial score (nSPS) is 44.3. The zero-order chi connectivity index (χ0) is 11.4. The lowest BCUT2D eigenvalue weighted by Gasteiger charge is -2.45. The summed E-state index contributed by atoms with van der Waals surface area (Å²) in [6, 6.07) is 0. The zero-order valence-electron chi connectivity index (χ0n) is 9.20. The summed E-state index contributed by atoms with van der Waals surface area (Å²) >= 11 is 0. The van der Waals surface area contributed by atoms with Crippen molar-refractivity contribution in [2.75, 3.05) is 19.8 Å². The molecule has 0 aromatic heterocycles. The van der Waals surface area contributed by atoms with Crippen molar-refractivity contribution in [1.82, 2.24) is 0 Å². The molecule has 3 N–H and O–H groups in total. The Hall–Kier alpha value is -0.650. The molecule has 3 heterocycles. The third kappa shape index (κ3) is 0.990. The molecule has 2 bridgehead atoms. The summed E-state index contributed by atoms with van der Waals surface area (Å²) in [6.07, 6.45) is 2.51. The number of hydrogen-bond donors (Lipinski definition) is 2. The number of carbonyl (C=O) groups is 1. The van der Waals surface area contributed by atoms with Crippen LogP contribution in [0.4, 0.5) is 0 Å². The average molecular weight is 227 g/mol. The summed E-state index contributed by atoms with van der Waals surface area (Å²) in [5, 5.41) is 9.48. The first kappa shape index (κ1) is 10.5. The Morgan fingerprint density at radius 2 is 1.94 bits per heavy atom. The fourth-order valence-corrected chi connectivity index (χ4v) is 3.77. The molecule has 4 aliphatic rings. The first-order valence-electron chi connectivity index (χ1n) is 5.80. The predicted octanol–water partition coefficient (Wildman–Crippen LogP) is 0.128. The number of carboxylic acid groups (broad SMARTS) is 1. The molecule has 1 spiro atoms. The van der Waals surface area contributed by atoms with E-state index in [-0.39, 0.29) is 5.60 Å². The van der Waals surface area contributed by atoms with E-state index >= 15 is 0 Å². The van der Waals surface area contributed by atoms with Gasteiger partial charge in [0.25, 0.3) is 0 Å². The van der Waals surface area contributed by atoms with Crippen molar-refractivity contribution in [3.05, 3.63) is 0 Å². The Balaban J connectivity index is 1.96. The fourth-order valence-electron chi connectivity index (χ4n) is 3.77. The first-order chi connectivity index (χ1) is 7.58. The highest BCUT2D eigenvalue weighted by Crippen LogP contribution is 2.68. The fraction of sp³-hybridized carbons (Fsp3) is 0.909. The molecule has 5 nitrogen and oxygen atoms in total. The van der Waals surface area contributed by atoms with Gasteiger partial charge in [0.05, 0.1) is 11.2 Å². The van der Waals surface area contributed by atoms with Crippen molar-refractivity contribution < 1.29 is 19.4 Å². The molecule has 4 rings (SSSR count). The second-order valence-corrected chi connectivity index (χ2v) is 5.34. The third-order valence-electron chi connectivity index (χ3n) is 4.61. The molecule has 0 aromatic rings. The van der Waals surface area contributed by atoms with Crippen molar-refractivity contribution in [2.24, 2.45) is 11.1 Å². The van der Waals surface area contributed by atoms with Crippen LogP contribution in [0.25, 0.3) is 0 Å². The standard InChI is InChI=1S/C11H17NO4/c12-7-9-5-10(6-9,8(13)14)11(16-9)1-3-15-4-2-11/h1-7,12H2,(H,13,14). The first-order valence-corrected chi connectivity index (χ1v) is 5.80. The number of carboxylic acids is 1. The lowest BCUT2D eigenvalue weighted by molar-refractivity contribution is -0.163. The smallest absolute Gasteiger partial charge is 0.312 e. The average Bonchev–Trinajstić information content (AvgIpc) is 2.64. The molecule has 90 valence electrons. The van der Waals surface area contributed by atoms with Gasteiger partial charge in [-0.3, -0.25) is 4.79 Å².